The maximum atomic E-state index is 13.1. The van der Waals surface area contributed by atoms with Crippen LogP contribution in [-0.2, 0) is 24.2 Å². The smallest absolute Gasteiger partial charge is 0.330 e. The number of aromatic amines is 1. The molecule has 3 aromatic carbocycles. The fourth-order valence-electron chi connectivity index (χ4n) is 7.88. The second kappa shape index (κ2) is 16.7. The van der Waals surface area contributed by atoms with Crippen LogP contribution in [0.1, 0.15) is 64.5 Å². The lowest BCUT2D eigenvalue weighted by atomic mass is 9.80. The Morgan fingerprint density at radius 1 is 0.788 bits per heavy atom. The molecule has 11 nitrogen and oxygen atoms in total. The van der Waals surface area contributed by atoms with Crippen LogP contribution in [0.5, 0.6) is 11.5 Å². The third-order valence-corrected chi connectivity index (χ3v) is 16.4. The first-order valence-electron chi connectivity index (χ1n) is 17.8. The summed E-state index contributed by atoms with van der Waals surface area (Å²) in [7, 11) is 0.897. The van der Waals surface area contributed by atoms with Gasteiger partial charge in [-0.3, -0.25) is 14.3 Å². The Balaban J connectivity index is 1.53. The average molecular weight is 733 g/mol. The van der Waals surface area contributed by atoms with Crippen molar-refractivity contribution in [3.05, 3.63) is 129 Å². The first kappa shape index (κ1) is 39.2. The van der Waals surface area contributed by atoms with E-state index in [0.717, 1.165) is 16.7 Å². The Labute approximate surface area is 306 Å². The van der Waals surface area contributed by atoms with Crippen molar-refractivity contribution in [2.24, 2.45) is 0 Å². The molecule has 280 valence electrons. The molecule has 0 amide bonds. The molecule has 4 aromatic rings. The number of benzene rings is 3. The van der Waals surface area contributed by atoms with Crippen LogP contribution in [-0.4, -0.2) is 68.9 Å². The largest absolute Gasteiger partial charge is 0.497 e. The van der Waals surface area contributed by atoms with E-state index in [1.165, 1.54) is 16.8 Å². The van der Waals surface area contributed by atoms with Gasteiger partial charge in [-0.25, -0.2) is 4.79 Å². The lowest BCUT2D eigenvalue weighted by molar-refractivity contribution is -0.117. The van der Waals surface area contributed by atoms with Crippen LogP contribution in [0, 0.1) is 0 Å². The quantitative estimate of drug-likeness (QED) is 0.0769. The molecule has 4 atom stereocenters. The highest BCUT2D eigenvalue weighted by molar-refractivity contribution is 6.77. The minimum Gasteiger partial charge on any atom is -0.497 e. The summed E-state index contributed by atoms with van der Waals surface area (Å²) in [5.74, 6) is 1.37. The van der Waals surface area contributed by atoms with E-state index < -0.39 is 49.7 Å². The number of hydrogen-bond acceptors (Lipinski definition) is 9. The maximum absolute atomic E-state index is 13.1. The number of aliphatic hydroxyl groups is 1. The van der Waals surface area contributed by atoms with Gasteiger partial charge in [0.05, 0.1) is 20.8 Å². The first-order chi connectivity index (χ1) is 24.9. The zero-order valence-corrected chi connectivity index (χ0v) is 32.3. The zero-order chi connectivity index (χ0) is 37.6. The summed E-state index contributed by atoms with van der Waals surface area (Å²) in [4.78, 5) is 27.4. The van der Waals surface area contributed by atoms with Gasteiger partial charge < -0.3 is 33.2 Å². The second-order valence-electron chi connectivity index (χ2n) is 14.1. The van der Waals surface area contributed by atoms with Crippen LogP contribution in [0.3, 0.4) is 0 Å². The fraction of sp³-hybridized carbons (Fsp3) is 0.450. The summed E-state index contributed by atoms with van der Waals surface area (Å²) in [6.07, 6.45) is -2.95. The van der Waals surface area contributed by atoms with Crippen molar-refractivity contribution < 1.29 is 33.2 Å². The molecule has 0 radical (unpaired) electrons. The highest BCUT2D eigenvalue weighted by Crippen LogP contribution is 2.44. The van der Waals surface area contributed by atoms with E-state index in [4.69, 9.17) is 28.1 Å². The molecule has 2 N–H and O–H groups in total. The number of ether oxygens (including phenoxy) is 5. The average Bonchev–Trinajstić information content (AvgIpc) is 3.44. The van der Waals surface area contributed by atoms with Gasteiger partial charge in [-0.05, 0) is 57.6 Å². The van der Waals surface area contributed by atoms with Crippen molar-refractivity contribution in [3.63, 3.8) is 0 Å². The fourth-order valence-corrected chi connectivity index (χ4v) is 13.2. The van der Waals surface area contributed by atoms with E-state index >= 15 is 0 Å². The van der Waals surface area contributed by atoms with E-state index in [1.54, 1.807) is 14.2 Å². The number of H-pyrrole nitrogens is 1. The van der Waals surface area contributed by atoms with Crippen molar-refractivity contribution >= 4 is 8.32 Å². The molecule has 1 aromatic heterocycles. The number of nitrogens with zero attached hydrogens (tertiary/aromatic N) is 1. The Morgan fingerprint density at radius 3 is 1.79 bits per heavy atom. The number of aliphatic hydroxyl groups excluding tert-OH is 1. The minimum atomic E-state index is -2.33. The van der Waals surface area contributed by atoms with Crippen LogP contribution >= 0.6 is 0 Å². The number of rotatable bonds is 16. The molecule has 52 heavy (non-hydrogen) atoms. The number of nitrogens with one attached hydrogen (secondary N) is 1. The highest BCUT2D eigenvalue weighted by atomic mass is 28.4. The van der Waals surface area contributed by atoms with Crippen molar-refractivity contribution in [1.29, 1.82) is 0 Å². The predicted octanol–water partition coefficient (Wildman–Crippen LogP) is 6.36. The van der Waals surface area contributed by atoms with Crippen molar-refractivity contribution in [2.45, 2.75) is 88.3 Å². The maximum Gasteiger partial charge on any atom is 0.330 e. The summed E-state index contributed by atoms with van der Waals surface area (Å²) in [5, 5.41) is 11.9. The molecule has 2 heterocycles. The van der Waals surface area contributed by atoms with E-state index in [-0.39, 0.29) is 13.4 Å². The van der Waals surface area contributed by atoms with Gasteiger partial charge in [-0.1, -0.05) is 96.1 Å². The lowest BCUT2D eigenvalue weighted by Gasteiger charge is -2.42. The van der Waals surface area contributed by atoms with E-state index in [1.807, 2.05) is 78.9 Å². The second-order valence-corrected chi connectivity index (χ2v) is 19.6. The number of methoxy groups -OCH3 is 2. The minimum absolute atomic E-state index is 0.0975. The molecule has 12 heteroatoms. The van der Waals surface area contributed by atoms with Gasteiger partial charge in [0.25, 0.3) is 5.56 Å². The number of hydrogen-bond donors (Lipinski definition) is 2. The van der Waals surface area contributed by atoms with Crippen molar-refractivity contribution in [1.82, 2.24) is 9.55 Å². The third kappa shape index (κ3) is 7.68. The van der Waals surface area contributed by atoms with Crippen molar-refractivity contribution in [2.75, 3.05) is 27.6 Å². The van der Waals surface area contributed by atoms with Gasteiger partial charge in [0, 0.05) is 12.3 Å². The van der Waals surface area contributed by atoms with Crippen LogP contribution in [0.2, 0.25) is 16.6 Å². The van der Waals surface area contributed by atoms with Gasteiger partial charge in [0.1, 0.15) is 42.2 Å². The van der Waals surface area contributed by atoms with Gasteiger partial charge in [-0.15, -0.1) is 0 Å². The Hall–Kier alpha value is -4.04. The van der Waals surface area contributed by atoms with E-state index in [0.29, 0.717) is 28.1 Å². The Bertz CT molecular complexity index is 1770. The molecule has 0 aliphatic carbocycles. The SMILES string of the molecule is COc1ccc(C(OC[C@H]2O[C@@H](n3ccc(=O)[nH]c3=O)[C@H](OCO[Si](C(C)C)(C(C)C)C(C)C)[C@@H]2O)(c2ccccc2)c2ccc(OC)cc2)cc1. The Kier molecular flexibility index (Phi) is 12.6. The molecule has 0 bridgehead atoms. The number of aromatic nitrogens is 2. The molecule has 5 rings (SSSR count). The van der Waals surface area contributed by atoms with E-state index in [2.05, 4.69) is 46.5 Å². The molecule has 1 fully saturated rings. The molecule has 1 aliphatic rings. The van der Waals surface area contributed by atoms with Crippen LogP contribution in [0.4, 0.5) is 0 Å². The molecule has 1 aliphatic heterocycles. The summed E-state index contributed by atoms with van der Waals surface area (Å²) in [6.45, 7) is 12.9. The molecular formula is C40H52N2O9Si. The van der Waals surface area contributed by atoms with Gasteiger partial charge in [0.15, 0.2) is 6.23 Å². The van der Waals surface area contributed by atoms with E-state index in [9.17, 15) is 14.7 Å². The molecule has 0 spiro atoms. The van der Waals surface area contributed by atoms with Crippen LogP contribution < -0.4 is 20.7 Å². The lowest BCUT2D eigenvalue weighted by Crippen LogP contribution is -2.49. The summed E-state index contributed by atoms with van der Waals surface area (Å²) < 4.78 is 38.7. The summed E-state index contributed by atoms with van der Waals surface area (Å²) >= 11 is 0. The van der Waals surface area contributed by atoms with Crippen molar-refractivity contribution in [3.8, 4) is 11.5 Å². The summed E-state index contributed by atoms with van der Waals surface area (Å²) in [6, 6.07) is 26.3. The molecule has 0 unspecified atom stereocenters. The normalized spacial score (nSPS) is 19.5. The molecular weight excluding hydrogens is 681 g/mol. The highest BCUT2D eigenvalue weighted by Gasteiger charge is 2.50. The monoisotopic (exact) mass is 732 g/mol. The van der Waals surface area contributed by atoms with Gasteiger partial charge in [-0.2, -0.15) is 0 Å². The first-order valence-corrected chi connectivity index (χ1v) is 19.9. The van der Waals surface area contributed by atoms with Gasteiger partial charge >= 0.3 is 5.69 Å². The Morgan fingerprint density at radius 2 is 1.31 bits per heavy atom. The predicted molar refractivity (Wildman–Crippen MR) is 201 cm³/mol. The topological polar surface area (TPSA) is 130 Å². The standard InChI is InChI=1S/C40H52N2O9Si/c1-26(2)52(27(3)4,28(5)6)50-25-48-37-36(44)34(51-38(37)42-23-22-35(43)41-39(42)45)24-49-40(29-12-10-9-11-13-29,30-14-18-32(46-7)19-15-30)31-16-20-33(47-8)21-17-31/h9-23,26-28,34,36-38,44H,24-25H2,1-8H3,(H,41,43,45)/t34-,36-,37-,38-/m1/s1. The van der Waals surface area contributed by atoms with Gasteiger partial charge in [0.2, 0.25) is 8.32 Å². The zero-order valence-electron chi connectivity index (χ0n) is 31.3. The third-order valence-electron chi connectivity index (χ3n) is 10.4. The summed E-state index contributed by atoms with van der Waals surface area (Å²) in [5.41, 5.74) is 0.967. The molecule has 1 saturated heterocycles. The van der Waals surface area contributed by atoms with Crippen LogP contribution in [0.25, 0.3) is 0 Å². The molecule has 0 saturated carbocycles. The van der Waals surface area contributed by atoms with Crippen LogP contribution in [0.15, 0.2) is 101 Å².